The number of benzene rings is 3. The van der Waals surface area contributed by atoms with E-state index in [9.17, 15) is 8.78 Å². The summed E-state index contributed by atoms with van der Waals surface area (Å²) in [6.07, 6.45) is 3.06. The molecule has 0 spiro atoms. The van der Waals surface area contributed by atoms with Crippen molar-refractivity contribution in [1.82, 2.24) is 9.97 Å². The van der Waals surface area contributed by atoms with Gasteiger partial charge in [-0.3, -0.25) is 8.78 Å². The molecule has 0 atom stereocenters. The Hall–Kier alpha value is -3.53. The van der Waals surface area contributed by atoms with Crippen molar-refractivity contribution >= 4 is 0 Å². The van der Waals surface area contributed by atoms with Crippen LogP contribution in [0.4, 0.5) is 8.78 Å². The van der Waals surface area contributed by atoms with Crippen LogP contribution in [0.5, 0.6) is 0 Å². The number of pyridine rings is 2. The summed E-state index contributed by atoms with van der Waals surface area (Å²) in [6.45, 7) is -2.25. The van der Waals surface area contributed by atoms with Crippen molar-refractivity contribution < 1.29 is 33.0 Å². The van der Waals surface area contributed by atoms with Gasteiger partial charge in [-0.2, -0.15) is 0 Å². The average molecular weight is 630 g/mol. The van der Waals surface area contributed by atoms with E-state index in [4.69, 9.17) is 4.11 Å². The van der Waals surface area contributed by atoms with Crippen molar-refractivity contribution in [1.29, 1.82) is 0 Å². The Morgan fingerprint density at radius 1 is 0.765 bits per heavy atom. The van der Waals surface area contributed by atoms with Crippen LogP contribution >= 0.6 is 0 Å². The van der Waals surface area contributed by atoms with Gasteiger partial charge in [-0.15, -0.1) is 48.0 Å². The van der Waals surface area contributed by atoms with Crippen LogP contribution in [-0.2, 0) is 20.1 Å². The van der Waals surface area contributed by atoms with E-state index in [1.54, 1.807) is 0 Å². The monoisotopic (exact) mass is 630 g/mol. The fourth-order valence-corrected chi connectivity index (χ4v) is 3.09. The third-order valence-corrected chi connectivity index (χ3v) is 4.73. The van der Waals surface area contributed by atoms with Crippen LogP contribution in [0.1, 0.15) is 9.68 Å². The Bertz CT molecular complexity index is 1350. The fraction of sp³-hybridized carbons (Fsp3) is 0.0345. The molecule has 0 aliphatic carbocycles. The Labute approximate surface area is 215 Å². The molecule has 2 nitrogen and oxygen atoms in total. The molecular weight excluding hydrogens is 607 g/mol. The number of halogens is 2. The Morgan fingerprint density at radius 3 is 2.15 bits per heavy atom. The first kappa shape index (κ1) is 21.0. The van der Waals surface area contributed by atoms with Crippen LogP contribution in [0, 0.1) is 30.6 Å². The minimum Gasteiger partial charge on any atom is -0.304 e. The molecule has 171 valence electrons. The van der Waals surface area contributed by atoms with E-state index in [1.807, 2.05) is 54.7 Å². The number of aryl methyl sites for hydroxylation is 1. The zero-order chi connectivity index (χ0) is 25.5. The molecular formula is C29H20F2IrN2-2. The first-order valence-corrected chi connectivity index (χ1v) is 10.1. The smallest absolute Gasteiger partial charge is 0.0408 e. The zero-order valence-corrected chi connectivity index (χ0v) is 20.2. The molecule has 2 aromatic heterocycles. The number of rotatable bonds is 3. The molecule has 0 saturated heterocycles. The van der Waals surface area contributed by atoms with Gasteiger partial charge in [0.15, 0.2) is 0 Å². The van der Waals surface area contributed by atoms with Crippen molar-refractivity contribution in [2.45, 2.75) is 6.85 Å². The third-order valence-electron chi connectivity index (χ3n) is 4.73. The standard InChI is InChI=1S/C17H12N.C12H8F2N.Ir/c1-3-7-14(8-4-1)16-11-12-17(18-13-16)15-9-5-2-6-10-15;1-8-2-5-12(15-7-8)10-4-3-9(13)6-11(10)14;/h1-9,11-13H;2-3,5-7H,1H3;/q2*-1;/i;1D3;. The van der Waals surface area contributed by atoms with Gasteiger partial charge >= 0.3 is 0 Å². The maximum atomic E-state index is 13.4. The summed E-state index contributed by atoms with van der Waals surface area (Å²) in [6, 6.07) is 32.3. The average Bonchev–Trinajstić information content (AvgIpc) is 2.90. The number of aromatic nitrogens is 2. The predicted octanol–water partition coefficient (Wildman–Crippen LogP) is 7.35. The van der Waals surface area contributed by atoms with Crippen LogP contribution in [-0.4, -0.2) is 9.97 Å². The van der Waals surface area contributed by atoms with E-state index in [0.717, 1.165) is 35.2 Å². The van der Waals surface area contributed by atoms with E-state index in [2.05, 4.69) is 40.3 Å². The third kappa shape index (κ3) is 6.50. The molecule has 3 aromatic carbocycles. The Kier molecular flexibility index (Phi) is 7.47. The molecule has 0 N–H and O–H groups in total. The van der Waals surface area contributed by atoms with Gasteiger partial charge in [-0.25, -0.2) is 0 Å². The van der Waals surface area contributed by atoms with Crippen molar-refractivity contribution in [3.8, 4) is 33.6 Å². The molecule has 0 aliphatic heterocycles. The minimum absolute atomic E-state index is 0. The second-order valence-corrected chi connectivity index (χ2v) is 7.05. The minimum atomic E-state index is -2.25. The summed E-state index contributed by atoms with van der Waals surface area (Å²) in [5.74, 6) is -1.51. The van der Waals surface area contributed by atoms with E-state index < -0.39 is 18.5 Å². The van der Waals surface area contributed by atoms with Crippen molar-refractivity contribution in [3.63, 3.8) is 0 Å². The molecule has 0 unspecified atom stereocenters. The first-order chi connectivity index (χ1) is 17.3. The summed E-state index contributed by atoms with van der Waals surface area (Å²) in [5.41, 5.74) is 4.58. The number of hydrogen-bond acceptors (Lipinski definition) is 2. The Morgan fingerprint density at radius 2 is 1.53 bits per heavy atom. The summed E-state index contributed by atoms with van der Waals surface area (Å²) < 4.78 is 47.7. The second-order valence-electron chi connectivity index (χ2n) is 7.05. The number of hydrogen-bond donors (Lipinski definition) is 0. The van der Waals surface area contributed by atoms with Crippen LogP contribution in [0.25, 0.3) is 33.6 Å². The summed E-state index contributed by atoms with van der Waals surface area (Å²) in [5, 5.41) is 0. The van der Waals surface area contributed by atoms with Crippen molar-refractivity contribution in [2.75, 3.05) is 0 Å². The molecule has 0 amide bonds. The molecule has 0 aliphatic rings. The summed E-state index contributed by atoms with van der Waals surface area (Å²) in [7, 11) is 0. The van der Waals surface area contributed by atoms with Crippen molar-refractivity contribution in [2.24, 2.45) is 0 Å². The predicted molar refractivity (Wildman–Crippen MR) is 127 cm³/mol. The molecule has 0 saturated carbocycles. The van der Waals surface area contributed by atoms with Gasteiger partial charge in [0.2, 0.25) is 0 Å². The van der Waals surface area contributed by atoms with Gasteiger partial charge in [0, 0.05) is 48.2 Å². The van der Waals surface area contributed by atoms with Crippen molar-refractivity contribution in [3.05, 3.63) is 133 Å². The largest absolute Gasteiger partial charge is 0.304 e. The molecule has 5 rings (SSSR count). The fourth-order valence-electron chi connectivity index (χ4n) is 3.09. The summed E-state index contributed by atoms with van der Waals surface area (Å²) in [4.78, 5) is 8.35. The van der Waals surface area contributed by atoms with Crippen LogP contribution < -0.4 is 0 Å². The molecule has 0 bridgehead atoms. The molecule has 5 aromatic rings. The first-order valence-electron chi connectivity index (χ1n) is 11.6. The molecule has 34 heavy (non-hydrogen) atoms. The van der Waals surface area contributed by atoms with Gasteiger partial charge < -0.3 is 9.97 Å². The van der Waals surface area contributed by atoms with E-state index >= 15 is 0 Å². The van der Waals surface area contributed by atoms with Crippen LogP contribution in [0.3, 0.4) is 0 Å². The molecule has 2 heterocycles. The van der Waals surface area contributed by atoms with E-state index in [1.165, 1.54) is 17.7 Å². The molecule has 5 heteroatoms. The quantitative estimate of drug-likeness (QED) is 0.195. The SMILES string of the molecule is [2H]C([2H])([2H])c1ccc(-c2[c-]cc(F)cc2F)nc1.[Ir].[c-]1ccccc1-c1ccc(-c2ccccc2)cn1. The normalized spacial score (nSPS) is 11.6. The zero-order valence-electron chi connectivity index (χ0n) is 20.8. The van der Waals surface area contributed by atoms with E-state index in [-0.39, 0.29) is 36.9 Å². The van der Waals surface area contributed by atoms with Gasteiger partial charge in [0.1, 0.15) is 0 Å². The maximum absolute atomic E-state index is 13.4. The van der Waals surface area contributed by atoms with Gasteiger partial charge in [0.05, 0.1) is 0 Å². The maximum Gasteiger partial charge on any atom is 0.0408 e. The molecule has 0 fully saturated rings. The topological polar surface area (TPSA) is 25.8 Å². The van der Waals surface area contributed by atoms with E-state index in [0.29, 0.717) is 0 Å². The van der Waals surface area contributed by atoms with Crippen LogP contribution in [0.15, 0.2) is 103 Å². The summed E-state index contributed by atoms with van der Waals surface area (Å²) >= 11 is 0. The van der Waals surface area contributed by atoms with Gasteiger partial charge in [0.25, 0.3) is 0 Å². The van der Waals surface area contributed by atoms with Gasteiger partial charge in [-0.1, -0.05) is 66.2 Å². The Balaban J connectivity index is 0.000000200. The number of nitrogens with zero attached hydrogens (tertiary/aromatic N) is 2. The second kappa shape index (κ2) is 12.1. The molecule has 1 radical (unpaired) electrons. The van der Waals surface area contributed by atoms with Crippen LogP contribution in [0.2, 0.25) is 0 Å². The van der Waals surface area contributed by atoms with Gasteiger partial charge in [-0.05, 0) is 34.9 Å².